The van der Waals surface area contributed by atoms with Gasteiger partial charge in [-0.15, -0.1) is 0 Å². The highest BCUT2D eigenvalue weighted by molar-refractivity contribution is 5.42. The zero-order chi connectivity index (χ0) is 9.97. The molecule has 2 N–H and O–H groups in total. The van der Waals surface area contributed by atoms with Crippen LogP contribution in [0.25, 0.3) is 0 Å². The zero-order valence-electron chi connectivity index (χ0n) is 8.31. The van der Waals surface area contributed by atoms with Crippen LogP contribution >= 0.6 is 0 Å². The molecule has 3 saturated carbocycles. The monoisotopic (exact) mass is 191 g/mol. The van der Waals surface area contributed by atoms with E-state index in [4.69, 9.17) is 5.73 Å². The summed E-state index contributed by atoms with van der Waals surface area (Å²) in [6.07, 6.45) is 2.92. The molecule has 1 nitrogen and oxygen atoms in total. The minimum absolute atomic E-state index is 0.0493. The molecule has 0 unspecified atom stereocenters. The first-order valence-electron chi connectivity index (χ1n) is 5.09. The van der Waals surface area contributed by atoms with Crippen molar-refractivity contribution in [2.75, 3.05) is 0 Å². The van der Waals surface area contributed by atoms with Crippen molar-refractivity contribution in [2.24, 2.45) is 5.73 Å². The molecule has 3 aliphatic rings. The number of nitrogens with two attached hydrogens (primary N) is 1. The molecule has 0 heterocycles. The van der Waals surface area contributed by atoms with Gasteiger partial charge in [0.1, 0.15) is 5.82 Å². The van der Waals surface area contributed by atoms with Gasteiger partial charge in [0, 0.05) is 11.0 Å². The largest absolute Gasteiger partial charge is 0.325 e. The zero-order valence-corrected chi connectivity index (χ0v) is 8.31. The summed E-state index contributed by atoms with van der Waals surface area (Å²) in [6.45, 7) is 1.92. The van der Waals surface area contributed by atoms with Crippen LogP contribution < -0.4 is 5.73 Å². The maximum Gasteiger partial charge on any atom is 0.127 e. The Morgan fingerprint density at radius 3 is 2.43 bits per heavy atom. The highest BCUT2D eigenvalue weighted by atomic mass is 19.1. The van der Waals surface area contributed by atoms with Gasteiger partial charge in [-0.05, 0) is 43.4 Å². The highest BCUT2D eigenvalue weighted by Gasteiger charge is 2.66. The van der Waals surface area contributed by atoms with E-state index >= 15 is 0 Å². The van der Waals surface area contributed by atoms with E-state index in [1.807, 2.05) is 19.1 Å². The Morgan fingerprint density at radius 2 is 1.93 bits per heavy atom. The van der Waals surface area contributed by atoms with Crippen LogP contribution in [0.3, 0.4) is 0 Å². The minimum Gasteiger partial charge on any atom is -0.325 e. The van der Waals surface area contributed by atoms with E-state index in [1.165, 1.54) is 0 Å². The van der Waals surface area contributed by atoms with Gasteiger partial charge >= 0.3 is 0 Å². The molecule has 14 heavy (non-hydrogen) atoms. The molecule has 2 heteroatoms. The van der Waals surface area contributed by atoms with E-state index in [0.717, 1.165) is 30.4 Å². The van der Waals surface area contributed by atoms with Gasteiger partial charge in [-0.2, -0.15) is 0 Å². The summed E-state index contributed by atoms with van der Waals surface area (Å²) in [5, 5.41) is 0. The summed E-state index contributed by atoms with van der Waals surface area (Å²) in [6, 6.07) is 5.55. The van der Waals surface area contributed by atoms with E-state index in [1.54, 1.807) is 6.07 Å². The fourth-order valence-electron chi connectivity index (χ4n) is 3.20. The van der Waals surface area contributed by atoms with E-state index in [-0.39, 0.29) is 16.8 Å². The maximum absolute atomic E-state index is 13.7. The second-order valence-electron chi connectivity index (χ2n) is 5.16. The summed E-state index contributed by atoms with van der Waals surface area (Å²) >= 11 is 0. The summed E-state index contributed by atoms with van der Waals surface area (Å²) < 4.78 is 13.7. The van der Waals surface area contributed by atoms with E-state index in [0.29, 0.717) is 0 Å². The number of halogens is 1. The van der Waals surface area contributed by atoms with Crippen LogP contribution in [0.15, 0.2) is 18.2 Å². The average molecular weight is 191 g/mol. The standard InChI is InChI=1S/C12H14FN/c1-8-2-3-9(10(13)4-8)11-5-12(14,6-11)7-11/h2-4H,5-7,14H2,1H3. The summed E-state index contributed by atoms with van der Waals surface area (Å²) in [5.41, 5.74) is 8.00. The van der Waals surface area contributed by atoms with Gasteiger partial charge in [0.25, 0.3) is 0 Å². The van der Waals surface area contributed by atoms with Gasteiger partial charge in [0.2, 0.25) is 0 Å². The van der Waals surface area contributed by atoms with Crippen molar-refractivity contribution >= 4 is 0 Å². The predicted molar refractivity (Wildman–Crippen MR) is 53.6 cm³/mol. The molecule has 4 rings (SSSR count). The van der Waals surface area contributed by atoms with Crippen LogP contribution in [0.2, 0.25) is 0 Å². The van der Waals surface area contributed by atoms with Crippen LogP contribution in [0.1, 0.15) is 30.4 Å². The molecule has 0 amide bonds. The van der Waals surface area contributed by atoms with Crippen molar-refractivity contribution in [2.45, 2.75) is 37.1 Å². The molecule has 0 aliphatic heterocycles. The van der Waals surface area contributed by atoms with E-state index in [2.05, 4.69) is 0 Å². The molecule has 0 radical (unpaired) electrons. The normalized spacial score (nSPS) is 38.8. The lowest BCUT2D eigenvalue weighted by atomic mass is 9.38. The average Bonchev–Trinajstić information content (AvgIpc) is 1.98. The fourth-order valence-corrected chi connectivity index (χ4v) is 3.20. The number of benzene rings is 1. The molecule has 0 saturated heterocycles. The van der Waals surface area contributed by atoms with Gasteiger partial charge in [-0.3, -0.25) is 0 Å². The first kappa shape index (κ1) is 8.42. The summed E-state index contributed by atoms with van der Waals surface area (Å²) in [7, 11) is 0. The number of hydrogen-bond donors (Lipinski definition) is 1. The van der Waals surface area contributed by atoms with Crippen LogP contribution in [0.5, 0.6) is 0 Å². The Labute approximate surface area is 83.1 Å². The number of hydrogen-bond acceptors (Lipinski definition) is 1. The first-order valence-corrected chi connectivity index (χ1v) is 5.09. The Bertz CT molecular complexity index is 391. The lowest BCUT2D eigenvalue weighted by Crippen LogP contribution is -2.74. The number of aryl methyl sites for hydroxylation is 1. The Kier molecular flexibility index (Phi) is 1.32. The predicted octanol–water partition coefficient (Wildman–Crippen LogP) is 2.27. The molecule has 0 spiro atoms. The van der Waals surface area contributed by atoms with Gasteiger partial charge in [-0.1, -0.05) is 12.1 Å². The fraction of sp³-hybridized carbons (Fsp3) is 0.500. The molecule has 1 aromatic carbocycles. The number of rotatable bonds is 1. The lowest BCUT2D eigenvalue weighted by molar-refractivity contribution is -0.0612. The van der Waals surface area contributed by atoms with Crippen molar-refractivity contribution in [3.63, 3.8) is 0 Å². The molecule has 3 fully saturated rings. The lowest BCUT2D eigenvalue weighted by Gasteiger charge is -2.69. The highest BCUT2D eigenvalue weighted by Crippen LogP contribution is 2.66. The Balaban J connectivity index is 1.99. The molecule has 3 aliphatic carbocycles. The Hall–Kier alpha value is -0.890. The van der Waals surface area contributed by atoms with Crippen LogP contribution in [0, 0.1) is 12.7 Å². The molecule has 74 valence electrons. The van der Waals surface area contributed by atoms with Crippen molar-refractivity contribution in [1.82, 2.24) is 0 Å². The van der Waals surface area contributed by atoms with Gasteiger partial charge in [0.15, 0.2) is 0 Å². The third kappa shape index (κ3) is 0.871. The molecule has 0 aromatic heterocycles. The van der Waals surface area contributed by atoms with Crippen molar-refractivity contribution in [3.8, 4) is 0 Å². The summed E-state index contributed by atoms with van der Waals surface area (Å²) in [4.78, 5) is 0. The van der Waals surface area contributed by atoms with Gasteiger partial charge in [-0.25, -0.2) is 4.39 Å². The van der Waals surface area contributed by atoms with Crippen molar-refractivity contribution in [3.05, 3.63) is 35.1 Å². The molecular formula is C12H14FN. The second kappa shape index (κ2) is 2.19. The van der Waals surface area contributed by atoms with E-state index in [9.17, 15) is 4.39 Å². The molecule has 2 bridgehead atoms. The quantitative estimate of drug-likeness (QED) is 0.724. The van der Waals surface area contributed by atoms with E-state index < -0.39 is 0 Å². The van der Waals surface area contributed by atoms with Crippen LogP contribution in [-0.4, -0.2) is 5.54 Å². The minimum atomic E-state index is -0.0493. The van der Waals surface area contributed by atoms with Crippen LogP contribution in [-0.2, 0) is 5.41 Å². The Morgan fingerprint density at radius 1 is 1.29 bits per heavy atom. The molecule has 0 atom stereocenters. The van der Waals surface area contributed by atoms with Crippen molar-refractivity contribution in [1.29, 1.82) is 0 Å². The summed E-state index contributed by atoms with van der Waals surface area (Å²) in [5.74, 6) is -0.0493. The third-order valence-corrected chi connectivity index (χ3v) is 3.77. The molecular weight excluding hydrogens is 177 g/mol. The maximum atomic E-state index is 13.7. The second-order valence-corrected chi connectivity index (χ2v) is 5.16. The van der Waals surface area contributed by atoms with Gasteiger partial charge in [0.05, 0.1) is 0 Å². The van der Waals surface area contributed by atoms with Crippen molar-refractivity contribution < 1.29 is 4.39 Å². The van der Waals surface area contributed by atoms with Crippen LogP contribution in [0.4, 0.5) is 4.39 Å². The van der Waals surface area contributed by atoms with Gasteiger partial charge < -0.3 is 5.73 Å². The molecule has 1 aromatic rings. The topological polar surface area (TPSA) is 26.0 Å². The first-order chi connectivity index (χ1) is 6.53. The smallest absolute Gasteiger partial charge is 0.127 e. The third-order valence-electron chi connectivity index (χ3n) is 3.77. The SMILES string of the molecule is Cc1ccc(C23CC(N)(C2)C3)c(F)c1.